The standard InChI is InChI=1S/C17H16N2O3/c1-12(13-7-3-2-4-8-13)18-19-17(20)16-11-21-14-9-5-6-10-15(14)22-16/h2-10,16H,11H2,1H3,(H,19,20)/b18-12+. The highest BCUT2D eigenvalue weighted by Crippen LogP contribution is 2.30. The second kappa shape index (κ2) is 6.30. The van der Waals surface area contributed by atoms with Crippen molar-refractivity contribution in [3.63, 3.8) is 0 Å². The molecular formula is C17H16N2O3. The molecule has 0 saturated carbocycles. The fourth-order valence-corrected chi connectivity index (χ4v) is 2.10. The minimum absolute atomic E-state index is 0.169. The molecular weight excluding hydrogens is 280 g/mol. The molecule has 0 aromatic heterocycles. The number of carbonyl (C=O) groups excluding carboxylic acids is 1. The van der Waals surface area contributed by atoms with Crippen LogP contribution in [0, 0.1) is 0 Å². The summed E-state index contributed by atoms with van der Waals surface area (Å²) in [6, 6.07) is 16.9. The normalized spacial score (nSPS) is 17.0. The average Bonchev–Trinajstić information content (AvgIpc) is 2.59. The third-order valence-electron chi connectivity index (χ3n) is 3.33. The molecule has 1 heterocycles. The Balaban J connectivity index is 1.64. The van der Waals surface area contributed by atoms with E-state index in [1.165, 1.54) is 0 Å². The molecule has 5 nitrogen and oxygen atoms in total. The van der Waals surface area contributed by atoms with Crippen molar-refractivity contribution in [3.05, 3.63) is 60.2 Å². The zero-order valence-corrected chi connectivity index (χ0v) is 12.2. The van der Waals surface area contributed by atoms with Gasteiger partial charge in [0.15, 0.2) is 11.5 Å². The number of ether oxygens (including phenoxy) is 2. The van der Waals surface area contributed by atoms with Crippen molar-refractivity contribution in [3.8, 4) is 11.5 Å². The Morgan fingerprint density at radius 2 is 1.77 bits per heavy atom. The number of hydrazone groups is 1. The second-order valence-corrected chi connectivity index (χ2v) is 4.90. The Hall–Kier alpha value is -2.82. The summed E-state index contributed by atoms with van der Waals surface area (Å²) in [7, 11) is 0. The SMILES string of the molecule is C/C(=N\NC(=O)C1COc2ccccc2O1)c1ccccc1. The van der Waals surface area contributed by atoms with Crippen molar-refractivity contribution in [2.75, 3.05) is 6.61 Å². The van der Waals surface area contributed by atoms with Gasteiger partial charge in [-0.1, -0.05) is 42.5 Å². The first-order chi connectivity index (χ1) is 10.7. The minimum Gasteiger partial charge on any atom is -0.485 e. The highest BCUT2D eigenvalue weighted by molar-refractivity contribution is 5.99. The lowest BCUT2D eigenvalue weighted by molar-refractivity contribution is -0.130. The molecule has 3 rings (SSSR count). The van der Waals surface area contributed by atoms with Crippen LogP contribution in [-0.4, -0.2) is 24.3 Å². The zero-order chi connectivity index (χ0) is 15.4. The zero-order valence-electron chi connectivity index (χ0n) is 12.2. The molecule has 1 aliphatic heterocycles. The lowest BCUT2D eigenvalue weighted by Crippen LogP contribution is -2.42. The summed E-state index contributed by atoms with van der Waals surface area (Å²) in [6.07, 6.45) is -0.706. The molecule has 1 N–H and O–H groups in total. The minimum atomic E-state index is -0.706. The number of nitrogens with zero attached hydrogens (tertiary/aromatic N) is 1. The predicted octanol–water partition coefficient (Wildman–Crippen LogP) is 2.37. The third kappa shape index (κ3) is 3.09. The van der Waals surface area contributed by atoms with Gasteiger partial charge in [-0.2, -0.15) is 5.10 Å². The molecule has 1 aliphatic rings. The molecule has 0 bridgehead atoms. The second-order valence-electron chi connectivity index (χ2n) is 4.90. The van der Waals surface area contributed by atoms with Crippen LogP contribution in [0.5, 0.6) is 11.5 Å². The molecule has 0 saturated heterocycles. The largest absolute Gasteiger partial charge is 0.485 e. The first-order valence-corrected chi connectivity index (χ1v) is 7.02. The highest BCUT2D eigenvalue weighted by Gasteiger charge is 2.27. The van der Waals surface area contributed by atoms with Crippen molar-refractivity contribution in [2.24, 2.45) is 5.10 Å². The lowest BCUT2D eigenvalue weighted by atomic mass is 10.1. The van der Waals surface area contributed by atoms with Crippen LogP contribution in [0.2, 0.25) is 0 Å². The van der Waals surface area contributed by atoms with Gasteiger partial charge in [-0.3, -0.25) is 4.79 Å². The number of fused-ring (bicyclic) bond motifs is 1. The quantitative estimate of drug-likeness (QED) is 0.698. The van der Waals surface area contributed by atoms with Gasteiger partial charge in [-0.15, -0.1) is 0 Å². The predicted molar refractivity (Wildman–Crippen MR) is 83.1 cm³/mol. The first kappa shape index (κ1) is 14.1. The van der Waals surface area contributed by atoms with E-state index in [9.17, 15) is 4.79 Å². The fraction of sp³-hybridized carbons (Fsp3) is 0.176. The average molecular weight is 296 g/mol. The topological polar surface area (TPSA) is 59.9 Å². The van der Waals surface area contributed by atoms with Gasteiger partial charge < -0.3 is 9.47 Å². The lowest BCUT2D eigenvalue weighted by Gasteiger charge is -2.24. The van der Waals surface area contributed by atoms with Crippen LogP contribution >= 0.6 is 0 Å². The molecule has 2 aromatic rings. The van der Waals surface area contributed by atoms with Crippen molar-refractivity contribution < 1.29 is 14.3 Å². The van der Waals surface area contributed by atoms with Crippen LogP contribution in [0.1, 0.15) is 12.5 Å². The summed E-state index contributed by atoms with van der Waals surface area (Å²) >= 11 is 0. The number of amides is 1. The van der Waals surface area contributed by atoms with E-state index in [-0.39, 0.29) is 12.5 Å². The van der Waals surface area contributed by atoms with Crippen molar-refractivity contribution >= 4 is 11.6 Å². The van der Waals surface area contributed by atoms with Gasteiger partial charge >= 0.3 is 0 Å². The molecule has 0 radical (unpaired) electrons. The van der Waals surface area contributed by atoms with Gasteiger partial charge in [0.2, 0.25) is 6.10 Å². The molecule has 2 aromatic carbocycles. The van der Waals surface area contributed by atoms with E-state index < -0.39 is 6.10 Å². The van der Waals surface area contributed by atoms with Crippen LogP contribution in [-0.2, 0) is 4.79 Å². The first-order valence-electron chi connectivity index (χ1n) is 7.02. The maximum absolute atomic E-state index is 12.1. The molecule has 0 aliphatic carbocycles. The Labute approximate surface area is 128 Å². The van der Waals surface area contributed by atoms with E-state index in [0.29, 0.717) is 11.5 Å². The molecule has 0 spiro atoms. The Morgan fingerprint density at radius 1 is 1.09 bits per heavy atom. The number of carbonyl (C=O) groups is 1. The Kier molecular flexibility index (Phi) is 4.05. The van der Waals surface area contributed by atoms with Crippen LogP contribution in [0.15, 0.2) is 59.7 Å². The van der Waals surface area contributed by atoms with Crippen LogP contribution in [0.3, 0.4) is 0 Å². The Bertz CT molecular complexity index is 698. The van der Waals surface area contributed by atoms with Crippen LogP contribution in [0.4, 0.5) is 0 Å². The van der Waals surface area contributed by atoms with Gasteiger partial charge in [0.1, 0.15) is 6.61 Å². The van der Waals surface area contributed by atoms with Gasteiger partial charge in [-0.25, -0.2) is 5.43 Å². The van der Waals surface area contributed by atoms with Crippen molar-refractivity contribution in [1.29, 1.82) is 0 Å². The summed E-state index contributed by atoms with van der Waals surface area (Å²) in [6.45, 7) is 2.01. The van der Waals surface area contributed by atoms with E-state index in [4.69, 9.17) is 9.47 Å². The monoisotopic (exact) mass is 296 g/mol. The number of rotatable bonds is 3. The summed E-state index contributed by atoms with van der Waals surface area (Å²) in [5.41, 5.74) is 4.21. The maximum Gasteiger partial charge on any atom is 0.284 e. The van der Waals surface area contributed by atoms with Gasteiger partial charge in [0, 0.05) is 0 Å². The summed E-state index contributed by atoms with van der Waals surface area (Å²) in [5.74, 6) is 0.887. The molecule has 22 heavy (non-hydrogen) atoms. The molecule has 1 atom stereocenters. The maximum atomic E-state index is 12.1. The number of nitrogens with one attached hydrogen (secondary N) is 1. The highest BCUT2D eigenvalue weighted by atomic mass is 16.6. The third-order valence-corrected chi connectivity index (χ3v) is 3.33. The molecule has 0 fully saturated rings. The number of hydrogen-bond acceptors (Lipinski definition) is 4. The number of para-hydroxylation sites is 2. The van der Waals surface area contributed by atoms with Gasteiger partial charge in [0.25, 0.3) is 5.91 Å². The van der Waals surface area contributed by atoms with Gasteiger partial charge in [-0.05, 0) is 24.6 Å². The Morgan fingerprint density at radius 3 is 2.55 bits per heavy atom. The van der Waals surface area contributed by atoms with E-state index in [1.54, 1.807) is 12.1 Å². The molecule has 1 unspecified atom stereocenters. The smallest absolute Gasteiger partial charge is 0.284 e. The van der Waals surface area contributed by atoms with E-state index in [1.807, 2.05) is 49.4 Å². The van der Waals surface area contributed by atoms with Crippen LogP contribution in [0.25, 0.3) is 0 Å². The summed E-state index contributed by atoms with van der Waals surface area (Å²) < 4.78 is 11.1. The van der Waals surface area contributed by atoms with E-state index in [0.717, 1.165) is 11.3 Å². The fourth-order valence-electron chi connectivity index (χ4n) is 2.10. The molecule has 5 heteroatoms. The summed E-state index contributed by atoms with van der Waals surface area (Å²) in [5, 5.41) is 4.11. The number of hydrogen-bond donors (Lipinski definition) is 1. The van der Waals surface area contributed by atoms with E-state index in [2.05, 4.69) is 10.5 Å². The molecule has 112 valence electrons. The van der Waals surface area contributed by atoms with Gasteiger partial charge in [0.05, 0.1) is 5.71 Å². The number of benzene rings is 2. The van der Waals surface area contributed by atoms with Crippen molar-refractivity contribution in [1.82, 2.24) is 5.43 Å². The van der Waals surface area contributed by atoms with Crippen molar-refractivity contribution in [2.45, 2.75) is 13.0 Å². The van der Waals surface area contributed by atoms with E-state index >= 15 is 0 Å². The summed E-state index contributed by atoms with van der Waals surface area (Å²) in [4.78, 5) is 12.1. The van der Waals surface area contributed by atoms with Crippen LogP contribution < -0.4 is 14.9 Å². The molecule has 1 amide bonds.